The van der Waals surface area contributed by atoms with E-state index in [0.717, 1.165) is 18.3 Å². The molecule has 0 fully saturated rings. The van der Waals surface area contributed by atoms with Crippen LogP contribution in [0.4, 0.5) is 5.69 Å². The lowest BCUT2D eigenvalue weighted by Gasteiger charge is -2.01. The molecule has 0 radical (unpaired) electrons. The van der Waals surface area contributed by atoms with E-state index in [1.807, 2.05) is 6.07 Å². The van der Waals surface area contributed by atoms with Gasteiger partial charge < -0.3 is 5.11 Å². The summed E-state index contributed by atoms with van der Waals surface area (Å²) < 4.78 is 0. The van der Waals surface area contributed by atoms with Crippen molar-refractivity contribution in [2.24, 2.45) is 5.10 Å². The molecule has 0 heterocycles. The van der Waals surface area contributed by atoms with Crippen molar-refractivity contribution >= 4 is 17.8 Å². The Morgan fingerprint density at radius 3 is 2.61 bits per heavy atom. The van der Waals surface area contributed by atoms with Gasteiger partial charge >= 0.3 is 0 Å². The minimum atomic E-state index is -0.605. The third kappa shape index (κ3) is 3.89. The summed E-state index contributed by atoms with van der Waals surface area (Å²) in [6.45, 7) is 0. The van der Waals surface area contributed by atoms with Crippen molar-refractivity contribution in [3.8, 4) is 11.8 Å². The quantitative estimate of drug-likeness (QED) is 0.506. The van der Waals surface area contributed by atoms with Gasteiger partial charge in [0.1, 0.15) is 5.75 Å². The zero-order valence-corrected chi connectivity index (χ0v) is 11.6. The van der Waals surface area contributed by atoms with Crippen LogP contribution < -0.4 is 5.43 Å². The third-order valence-corrected chi connectivity index (χ3v) is 2.87. The van der Waals surface area contributed by atoms with Crippen LogP contribution in [-0.2, 0) is 0 Å². The highest BCUT2D eigenvalue weighted by Gasteiger charge is 2.09. The first-order valence-electron chi connectivity index (χ1n) is 6.32. The number of carbonyl (C=O) groups is 1. The van der Waals surface area contributed by atoms with Crippen LogP contribution in [0.3, 0.4) is 0 Å². The molecule has 2 rings (SSSR count). The Morgan fingerprint density at radius 2 is 2.00 bits per heavy atom. The SMILES string of the molecule is N#Cc1ccc(C(=O)N/N=C/c2cc([N+](=O)[O-])ccc2O)cc1. The minimum absolute atomic E-state index is 0.0966. The summed E-state index contributed by atoms with van der Waals surface area (Å²) in [6.07, 6.45) is 1.10. The zero-order valence-electron chi connectivity index (χ0n) is 11.6. The number of non-ortho nitro benzene ring substituents is 1. The highest BCUT2D eigenvalue weighted by Crippen LogP contribution is 2.21. The lowest BCUT2D eigenvalue weighted by molar-refractivity contribution is -0.384. The van der Waals surface area contributed by atoms with Gasteiger partial charge in [0.2, 0.25) is 0 Å². The van der Waals surface area contributed by atoms with Crippen LogP contribution in [-0.4, -0.2) is 22.2 Å². The van der Waals surface area contributed by atoms with Crippen LogP contribution in [0.25, 0.3) is 0 Å². The molecule has 0 aliphatic carbocycles. The second kappa shape index (κ2) is 6.82. The molecule has 0 aliphatic rings. The van der Waals surface area contributed by atoms with Crippen molar-refractivity contribution in [2.45, 2.75) is 0 Å². The molecule has 2 aromatic carbocycles. The minimum Gasteiger partial charge on any atom is -0.507 e. The predicted octanol–water partition coefficient (Wildman–Crippen LogP) is 1.94. The number of nitriles is 1. The van der Waals surface area contributed by atoms with Gasteiger partial charge in [-0.3, -0.25) is 14.9 Å². The molecular formula is C15H10N4O4. The summed E-state index contributed by atoms with van der Waals surface area (Å²) in [7, 11) is 0. The van der Waals surface area contributed by atoms with Crippen LogP contribution in [0.1, 0.15) is 21.5 Å². The van der Waals surface area contributed by atoms with Crippen molar-refractivity contribution in [1.29, 1.82) is 5.26 Å². The Morgan fingerprint density at radius 1 is 1.30 bits per heavy atom. The molecular weight excluding hydrogens is 300 g/mol. The second-order valence-electron chi connectivity index (χ2n) is 4.39. The Bertz CT molecular complexity index is 822. The first kappa shape index (κ1) is 15.7. The molecule has 2 aromatic rings. The average molecular weight is 310 g/mol. The van der Waals surface area contributed by atoms with Crippen LogP contribution >= 0.6 is 0 Å². The van der Waals surface area contributed by atoms with E-state index >= 15 is 0 Å². The summed E-state index contributed by atoms with van der Waals surface area (Å²) in [5.74, 6) is -0.720. The van der Waals surface area contributed by atoms with Crippen LogP contribution in [0, 0.1) is 21.4 Å². The number of phenolic OH excluding ortho intramolecular Hbond substituents is 1. The molecule has 8 nitrogen and oxygen atoms in total. The lowest BCUT2D eigenvalue weighted by Crippen LogP contribution is -2.17. The number of carbonyl (C=O) groups excluding carboxylic acids is 1. The molecule has 0 saturated heterocycles. The van der Waals surface area contributed by atoms with Crippen LogP contribution in [0.5, 0.6) is 5.75 Å². The van der Waals surface area contributed by atoms with Gasteiger partial charge in [-0.1, -0.05) is 0 Å². The standard InChI is InChI=1S/C15H10N4O4/c16-8-10-1-3-11(4-2-10)15(21)18-17-9-12-7-13(19(22)23)5-6-14(12)20/h1-7,9,20H,(H,18,21)/b17-9+. The lowest BCUT2D eigenvalue weighted by atomic mass is 10.1. The van der Waals surface area contributed by atoms with E-state index in [0.29, 0.717) is 11.1 Å². The second-order valence-corrected chi connectivity index (χ2v) is 4.39. The van der Waals surface area contributed by atoms with Gasteiger partial charge in [-0.05, 0) is 30.3 Å². The maximum absolute atomic E-state index is 11.8. The summed E-state index contributed by atoms with van der Waals surface area (Å²) in [5.41, 5.74) is 2.84. The van der Waals surface area contributed by atoms with Crippen LogP contribution in [0.2, 0.25) is 0 Å². The van der Waals surface area contributed by atoms with Gasteiger partial charge in [0.25, 0.3) is 11.6 Å². The highest BCUT2D eigenvalue weighted by molar-refractivity contribution is 5.95. The van der Waals surface area contributed by atoms with E-state index in [2.05, 4.69) is 10.5 Å². The number of nitro benzene ring substituents is 1. The fraction of sp³-hybridized carbons (Fsp3) is 0. The number of hydrazone groups is 1. The first-order valence-corrected chi connectivity index (χ1v) is 6.32. The molecule has 23 heavy (non-hydrogen) atoms. The first-order chi connectivity index (χ1) is 11.0. The monoisotopic (exact) mass is 310 g/mol. The smallest absolute Gasteiger partial charge is 0.271 e. The van der Waals surface area contributed by atoms with Crippen molar-refractivity contribution < 1.29 is 14.8 Å². The van der Waals surface area contributed by atoms with Crippen molar-refractivity contribution in [3.05, 3.63) is 69.3 Å². The average Bonchev–Trinajstić information content (AvgIpc) is 2.56. The van der Waals surface area contributed by atoms with E-state index in [4.69, 9.17) is 5.26 Å². The fourth-order valence-corrected chi connectivity index (χ4v) is 1.68. The number of aromatic hydroxyl groups is 1. The summed E-state index contributed by atoms with van der Waals surface area (Å²) in [5, 5.41) is 32.6. The molecule has 0 bridgehead atoms. The molecule has 0 saturated carbocycles. The van der Waals surface area contributed by atoms with Gasteiger partial charge in [0.05, 0.1) is 22.8 Å². The molecule has 0 spiro atoms. The topological polar surface area (TPSA) is 129 Å². The Hall–Kier alpha value is -3.73. The Labute approximate surface area is 130 Å². The largest absolute Gasteiger partial charge is 0.507 e. The number of amides is 1. The van der Waals surface area contributed by atoms with Gasteiger partial charge in [-0.2, -0.15) is 10.4 Å². The molecule has 0 atom stereocenters. The summed E-state index contributed by atoms with van der Waals surface area (Å²) >= 11 is 0. The molecule has 8 heteroatoms. The maximum Gasteiger partial charge on any atom is 0.271 e. The number of nitrogens with one attached hydrogen (secondary N) is 1. The number of hydrogen-bond acceptors (Lipinski definition) is 6. The van der Waals surface area contributed by atoms with E-state index in [1.165, 1.54) is 30.3 Å². The molecule has 0 aromatic heterocycles. The number of rotatable bonds is 4. The summed E-state index contributed by atoms with van der Waals surface area (Å²) in [4.78, 5) is 21.9. The number of benzene rings is 2. The molecule has 0 aliphatic heterocycles. The van der Waals surface area contributed by atoms with Gasteiger partial charge in [-0.15, -0.1) is 0 Å². The maximum atomic E-state index is 11.8. The molecule has 2 N–H and O–H groups in total. The zero-order chi connectivity index (χ0) is 16.8. The number of nitro groups is 1. The van der Waals surface area contributed by atoms with Crippen molar-refractivity contribution in [2.75, 3.05) is 0 Å². The predicted molar refractivity (Wildman–Crippen MR) is 81.0 cm³/mol. The van der Waals surface area contributed by atoms with E-state index < -0.39 is 10.8 Å². The molecule has 1 amide bonds. The fourth-order valence-electron chi connectivity index (χ4n) is 1.68. The Kier molecular flexibility index (Phi) is 4.64. The van der Waals surface area contributed by atoms with Gasteiger partial charge in [0.15, 0.2) is 0 Å². The van der Waals surface area contributed by atoms with Crippen molar-refractivity contribution in [1.82, 2.24) is 5.43 Å². The normalized spacial score (nSPS) is 10.2. The highest BCUT2D eigenvalue weighted by atomic mass is 16.6. The third-order valence-electron chi connectivity index (χ3n) is 2.87. The Balaban J connectivity index is 2.09. The van der Waals surface area contributed by atoms with Crippen molar-refractivity contribution in [3.63, 3.8) is 0 Å². The van der Waals surface area contributed by atoms with E-state index in [9.17, 15) is 20.0 Å². The van der Waals surface area contributed by atoms with Gasteiger partial charge in [0, 0.05) is 23.3 Å². The van der Waals surface area contributed by atoms with E-state index in [1.54, 1.807) is 0 Å². The molecule has 114 valence electrons. The number of phenols is 1. The number of hydrogen-bond donors (Lipinski definition) is 2. The summed E-state index contributed by atoms with van der Waals surface area (Å²) in [6, 6.07) is 11.3. The van der Waals surface area contributed by atoms with E-state index in [-0.39, 0.29) is 17.0 Å². The molecule has 0 unspecified atom stereocenters. The van der Waals surface area contributed by atoms with Gasteiger partial charge in [-0.25, -0.2) is 5.43 Å². The van der Waals surface area contributed by atoms with Crippen LogP contribution in [0.15, 0.2) is 47.6 Å². The number of nitrogens with zero attached hydrogens (tertiary/aromatic N) is 3.